The summed E-state index contributed by atoms with van der Waals surface area (Å²) < 4.78 is 0. The Hall–Kier alpha value is -3.17. The number of carbonyl (C=O) groups excluding carboxylic acids is 2. The number of carbonyl (C=O) groups is 2. The van der Waals surface area contributed by atoms with Crippen molar-refractivity contribution < 1.29 is 19.8 Å². The summed E-state index contributed by atoms with van der Waals surface area (Å²) in [5.41, 5.74) is 12.2. The first-order valence-corrected chi connectivity index (χ1v) is 8.78. The fourth-order valence-corrected chi connectivity index (χ4v) is 4.10. The molecule has 0 aromatic rings. The van der Waals surface area contributed by atoms with Crippen molar-refractivity contribution in [3.05, 3.63) is 23.0 Å². The molecule has 3 rings (SSSR count). The monoisotopic (exact) mass is 392 g/mol. The number of amides is 3. The number of urea groups is 1. The van der Waals surface area contributed by atoms with E-state index in [1.54, 1.807) is 13.1 Å². The Labute approximate surface area is 161 Å². The second-order valence-electron chi connectivity index (χ2n) is 7.19. The minimum absolute atomic E-state index is 0.000396. The third-order valence-electron chi connectivity index (χ3n) is 5.38. The molecule has 9 N–H and O–H groups in total. The van der Waals surface area contributed by atoms with E-state index in [9.17, 15) is 19.8 Å². The predicted octanol–water partition coefficient (Wildman–Crippen LogP) is -2.19. The molecule has 0 saturated carbocycles. The van der Waals surface area contributed by atoms with E-state index < -0.39 is 36.4 Å². The van der Waals surface area contributed by atoms with Crippen molar-refractivity contribution in [2.45, 2.75) is 37.8 Å². The molecular formula is C16H24N8O4. The molecule has 28 heavy (non-hydrogen) atoms. The topological polar surface area (TPSA) is 193 Å². The largest absolute Gasteiger partial charge is 0.504 e. The molecule has 3 aliphatic rings. The summed E-state index contributed by atoms with van der Waals surface area (Å²) >= 11 is 0. The molecular weight excluding hydrogens is 368 g/mol. The lowest BCUT2D eigenvalue weighted by Gasteiger charge is -2.52. The van der Waals surface area contributed by atoms with Gasteiger partial charge >= 0.3 is 6.03 Å². The van der Waals surface area contributed by atoms with Gasteiger partial charge in [-0.25, -0.2) is 4.79 Å². The molecule has 3 aliphatic heterocycles. The van der Waals surface area contributed by atoms with Crippen LogP contribution in [0.1, 0.15) is 19.8 Å². The Morgan fingerprint density at radius 2 is 2.18 bits per heavy atom. The smallest absolute Gasteiger partial charge is 0.322 e. The zero-order valence-electron chi connectivity index (χ0n) is 15.6. The van der Waals surface area contributed by atoms with Gasteiger partial charge in [0, 0.05) is 13.6 Å². The van der Waals surface area contributed by atoms with Crippen molar-refractivity contribution in [1.29, 1.82) is 5.26 Å². The molecule has 152 valence electrons. The standard InChI is InChI=1S/C16H24N8O4/c1-7-4-6-24(8(25)3-5-17)16(19,28)11(7)23(2)14-9-10(26)12(18)20-13(9)21-15(27)22-14/h7,11,13,20,26,28H,3-4,6,18-19H2,1-2H3,(H2,21,22,27). The van der Waals surface area contributed by atoms with Gasteiger partial charge in [0.15, 0.2) is 5.76 Å². The molecule has 0 radical (unpaired) electrons. The van der Waals surface area contributed by atoms with E-state index in [0.29, 0.717) is 12.0 Å². The summed E-state index contributed by atoms with van der Waals surface area (Å²) in [7, 11) is 1.59. The molecule has 12 nitrogen and oxygen atoms in total. The van der Waals surface area contributed by atoms with Gasteiger partial charge in [-0.3, -0.25) is 20.7 Å². The van der Waals surface area contributed by atoms with Crippen molar-refractivity contribution in [3.8, 4) is 6.07 Å². The zero-order chi connectivity index (χ0) is 20.8. The Balaban J connectivity index is 2.01. The zero-order valence-corrected chi connectivity index (χ0v) is 15.6. The highest BCUT2D eigenvalue weighted by molar-refractivity contribution is 5.80. The molecule has 4 atom stereocenters. The Bertz CT molecular complexity index is 814. The van der Waals surface area contributed by atoms with E-state index in [2.05, 4.69) is 16.0 Å². The first kappa shape index (κ1) is 19.6. The van der Waals surface area contributed by atoms with Crippen LogP contribution >= 0.6 is 0 Å². The SMILES string of the molecule is CC1CCN(C(=O)CC#N)C(N)(O)C1N(C)C1=C2C(O)=C(N)NC2NC(=O)N1. The number of likely N-dealkylation sites (tertiary alicyclic amines) is 1. The highest BCUT2D eigenvalue weighted by atomic mass is 16.3. The molecule has 1 fully saturated rings. The van der Waals surface area contributed by atoms with Crippen molar-refractivity contribution in [3.63, 3.8) is 0 Å². The van der Waals surface area contributed by atoms with Crippen LogP contribution in [0.25, 0.3) is 0 Å². The predicted molar refractivity (Wildman–Crippen MR) is 95.9 cm³/mol. The first-order chi connectivity index (χ1) is 13.1. The van der Waals surface area contributed by atoms with Gasteiger partial charge in [0.25, 0.3) is 0 Å². The maximum atomic E-state index is 12.3. The van der Waals surface area contributed by atoms with Gasteiger partial charge in [0.1, 0.15) is 24.2 Å². The number of aliphatic hydroxyl groups is 2. The number of piperidine rings is 1. The number of hydrogen-bond donors (Lipinski definition) is 7. The van der Waals surface area contributed by atoms with Crippen LogP contribution in [0.2, 0.25) is 0 Å². The molecule has 12 heteroatoms. The lowest BCUT2D eigenvalue weighted by Crippen LogP contribution is -2.74. The van der Waals surface area contributed by atoms with Crippen LogP contribution in [0, 0.1) is 17.2 Å². The average Bonchev–Trinajstić information content (AvgIpc) is 2.87. The van der Waals surface area contributed by atoms with Gasteiger partial charge in [0.2, 0.25) is 11.8 Å². The average molecular weight is 392 g/mol. The maximum absolute atomic E-state index is 12.3. The van der Waals surface area contributed by atoms with Crippen molar-refractivity contribution in [2.24, 2.45) is 17.4 Å². The first-order valence-electron chi connectivity index (χ1n) is 8.78. The number of hydrogen-bond acceptors (Lipinski definition) is 9. The van der Waals surface area contributed by atoms with Crippen molar-refractivity contribution in [1.82, 2.24) is 25.8 Å². The molecule has 4 unspecified atom stereocenters. The van der Waals surface area contributed by atoms with Crippen LogP contribution in [0.15, 0.2) is 23.0 Å². The summed E-state index contributed by atoms with van der Waals surface area (Å²) in [6.45, 7) is 2.05. The van der Waals surface area contributed by atoms with Crippen molar-refractivity contribution in [2.75, 3.05) is 13.6 Å². The van der Waals surface area contributed by atoms with Gasteiger partial charge in [-0.1, -0.05) is 6.92 Å². The van der Waals surface area contributed by atoms with Crippen molar-refractivity contribution >= 4 is 11.9 Å². The number of rotatable bonds is 3. The molecule has 0 bridgehead atoms. The second kappa shape index (κ2) is 6.77. The van der Waals surface area contributed by atoms with Gasteiger partial charge in [-0.2, -0.15) is 5.26 Å². The third-order valence-corrected chi connectivity index (χ3v) is 5.38. The van der Waals surface area contributed by atoms with Crippen LogP contribution in [-0.2, 0) is 4.79 Å². The highest BCUT2D eigenvalue weighted by Crippen LogP contribution is 2.35. The van der Waals surface area contributed by atoms with Crippen LogP contribution in [0.3, 0.4) is 0 Å². The van der Waals surface area contributed by atoms with E-state index in [-0.39, 0.29) is 29.9 Å². The Kier molecular flexibility index (Phi) is 4.74. The number of aliphatic hydroxyl groups excluding tert-OH is 1. The van der Waals surface area contributed by atoms with Crippen LogP contribution < -0.4 is 27.4 Å². The molecule has 0 aliphatic carbocycles. The number of nitrogens with zero attached hydrogens (tertiary/aromatic N) is 3. The lowest BCUT2D eigenvalue weighted by molar-refractivity contribution is -0.193. The van der Waals surface area contributed by atoms with E-state index in [1.165, 1.54) is 4.90 Å². The summed E-state index contributed by atoms with van der Waals surface area (Å²) in [5, 5.41) is 38.1. The lowest BCUT2D eigenvalue weighted by atomic mass is 9.87. The number of likely N-dealkylation sites (N-methyl/N-ethyl adjacent to an activating group) is 1. The Morgan fingerprint density at radius 1 is 1.50 bits per heavy atom. The minimum atomic E-state index is -2.10. The van der Waals surface area contributed by atoms with Gasteiger partial charge in [0.05, 0.1) is 17.7 Å². The van der Waals surface area contributed by atoms with Crippen LogP contribution in [0.4, 0.5) is 4.79 Å². The normalized spacial score (nSPS) is 32.2. The molecule has 0 aromatic heterocycles. The van der Waals surface area contributed by atoms with Gasteiger partial charge in [-0.05, 0) is 12.3 Å². The summed E-state index contributed by atoms with van der Waals surface area (Å²) in [4.78, 5) is 26.9. The van der Waals surface area contributed by atoms with Gasteiger partial charge < -0.3 is 31.5 Å². The quantitative estimate of drug-likeness (QED) is 0.261. The Morgan fingerprint density at radius 3 is 2.82 bits per heavy atom. The molecule has 0 spiro atoms. The highest BCUT2D eigenvalue weighted by Gasteiger charge is 2.51. The summed E-state index contributed by atoms with van der Waals surface area (Å²) in [6.07, 6.45) is -0.635. The second-order valence-corrected chi connectivity index (χ2v) is 7.19. The maximum Gasteiger partial charge on any atom is 0.322 e. The molecule has 3 heterocycles. The van der Waals surface area contributed by atoms with Crippen LogP contribution in [-0.4, -0.2) is 63.6 Å². The van der Waals surface area contributed by atoms with Crippen LogP contribution in [0.5, 0.6) is 0 Å². The van der Waals surface area contributed by atoms with E-state index >= 15 is 0 Å². The molecule has 1 saturated heterocycles. The number of nitrogens with two attached hydrogens (primary N) is 2. The molecule has 3 amide bonds. The summed E-state index contributed by atoms with van der Waals surface area (Å²) in [5.74, 6) is -2.90. The fraction of sp³-hybridized carbons (Fsp3) is 0.562. The van der Waals surface area contributed by atoms with E-state index in [1.807, 2.05) is 6.92 Å². The molecule has 0 aromatic carbocycles. The number of nitrogens with one attached hydrogen (secondary N) is 3. The number of nitriles is 1. The fourth-order valence-electron chi connectivity index (χ4n) is 4.10. The summed E-state index contributed by atoms with van der Waals surface area (Å²) in [6, 6.07) is 0.392. The van der Waals surface area contributed by atoms with Gasteiger partial charge in [-0.15, -0.1) is 0 Å². The third kappa shape index (κ3) is 2.94. The number of fused-ring (bicyclic) bond motifs is 1. The van der Waals surface area contributed by atoms with E-state index in [0.717, 1.165) is 4.90 Å². The van der Waals surface area contributed by atoms with E-state index in [4.69, 9.17) is 16.7 Å². The minimum Gasteiger partial charge on any atom is -0.504 e.